The third-order valence-corrected chi connectivity index (χ3v) is 6.17. The van der Waals surface area contributed by atoms with Crippen molar-refractivity contribution in [1.29, 1.82) is 0 Å². The maximum atomic E-state index is 12.6. The molecular formula is C20H14N4OS2. The van der Waals surface area contributed by atoms with Gasteiger partial charge in [-0.1, -0.05) is 12.1 Å². The third kappa shape index (κ3) is 2.90. The van der Waals surface area contributed by atoms with E-state index in [0.29, 0.717) is 5.56 Å². The van der Waals surface area contributed by atoms with E-state index in [1.54, 1.807) is 28.9 Å². The largest absolute Gasteiger partial charge is 0.322 e. The van der Waals surface area contributed by atoms with Gasteiger partial charge in [-0.2, -0.15) is 0 Å². The standard InChI is InChI=1S/C20H14N4OS2/c1-12-11-27-17-8-14(9-21-18(12)17)19(25)22-15-4-2-3-13(7-15)16-10-24-5-6-26-20(24)23-16/h2-11H,1H3,(H,22,25). The van der Waals surface area contributed by atoms with Crippen LogP contribution in [0.4, 0.5) is 5.69 Å². The van der Waals surface area contributed by atoms with Crippen LogP contribution in [0.2, 0.25) is 0 Å². The Morgan fingerprint density at radius 1 is 1.22 bits per heavy atom. The fourth-order valence-corrected chi connectivity index (χ4v) is 4.62. The minimum atomic E-state index is -0.168. The third-order valence-electron chi connectivity index (χ3n) is 4.36. The summed E-state index contributed by atoms with van der Waals surface area (Å²) < 4.78 is 3.02. The SMILES string of the molecule is Cc1csc2cc(C(=O)Nc3cccc(-c4cn5ccsc5n4)c3)cnc12. The summed E-state index contributed by atoms with van der Waals surface area (Å²) in [4.78, 5) is 22.6. The quantitative estimate of drug-likeness (QED) is 0.459. The number of carbonyl (C=O) groups is 1. The molecule has 132 valence electrons. The number of nitrogens with one attached hydrogen (secondary N) is 1. The number of imidazole rings is 1. The fourth-order valence-electron chi connectivity index (χ4n) is 2.99. The minimum absolute atomic E-state index is 0.168. The molecule has 4 aromatic heterocycles. The summed E-state index contributed by atoms with van der Waals surface area (Å²) in [6.45, 7) is 2.02. The number of nitrogens with zero attached hydrogens (tertiary/aromatic N) is 3. The number of fused-ring (bicyclic) bond motifs is 2. The van der Waals surface area contributed by atoms with Crippen LogP contribution in [-0.4, -0.2) is 20.3 Å². The number of aromatic nitrogens is 3. The summed E-state index contributed by atoms with van der Waals surface area (Å²) in [6.07, 6.45) is 5.60. The molecule has 1 N–H and O–H groups in total. The van der Waals surface area contributed by atoms with E-state index in [4.69, 9.17) is 0 Å². The first kappa shape index (κ1) is 16.2. The molecule has 0 unspecified atom stereocenters. The molecule has 5 rings (SSSR count). The lowest BCUT2D eigenvalue weighted by Gasteiger charge is -2.07. The van der Waals surface area contributed by atoms with E-state index in [9.17, 15) is 4.79 Å². The van der Waals surface area contributed by atoms with Crippen LogP contribution in [0.25, 0.3) is 26.4 Å². The molecule has 0 aliphatic heterocycles. The highest BCUT2D eigenvalue weighted by atomic mass is 32.1. The lowest BCUT2D eigenvalue weighted by molar-refractivity contribution is 0.102. The van der Waals surface area contributed by atoms with Gasteiger partial charge in [0.15, 0.2) is 4.96 Å². The number of aryl methyl sites for hydroxylation is 1. The number of benzene rings is 1. The van der Waals surface area contributed by atoms with Gasteiger partial charge in [-0.25, -0.2) is 4.98 Å². The molecular weight excluding hydrogens is 376 g/mol. The van der Waals surface area contributed by atoms with Crippen molar-refractivity contribution < 1.29 is 4.79 Å². The number of anilines is 1. The van der Waals surface area contributed by atoms with Gasteiger partial charge >= 0.3 is 0 Å². The number of hydrogen-bond donors (Lipinski definition) is 1. The lowest BCUT2D eigenvalue weighted by Crippen LogP contribution is -2.12. The molecule has 1 aromatic carbocycles. The summed E-state index contributed by atoms with van der Waals surface area (Å²) in [6, 6.07) is 9.61. The van der Waals surface area contributed by atoms with Crippen molar-refractivity contribution in [3.63, 3.8) is 0 Å². The van der Waals surface area contributed by atoms with Gasteiger partial charge < -0.3 is 5.32 Å². The Balaban J connectivity index is 1.42. The van der Waals surface area contributed by atoms with Crippen molar-refractivity contribution in [3.05, 3.63) is 70.8 Å². The molecule has 0 spiro atoms. The zero-order valence-corrected chi connectivity index (χ0v) is 16.0. The van der Waals surface area contributed by atoms with Crippen molar-refractivity contribution in [2.24, 2.45) is 0 Å². The Kier molecular flexibility index (Phi) is 3.77. The van der Waals surface area contributed by atoms with E-state index in [1.165, 1.54) is 0 Å². The van der Waals surface area contributed by atoms with Crippen LogP contribution in [0.5, 0.6) is 0 Å². The predicted molar refractivity (Wildman–Crippen MR) is 111 cm³/mol. The lowest BCUT2D eigenvalue weighted by atomic mass is 10.1. The molecule has 5 aromatic rings. The number of amides is 1. The molecule has 0 aliphatic rings. The van der Waals surface area contributed by atoms with Crippen molar-refractivity contribution >= 4 is 49.4 Å². The molecule has 0 atom stereocenters. The van der Waals surface area contributed by atoms with E-state index in [1.807, 2.05) is 59.4 Å². The zero-order valence-electron chi connectivity index (χ0n) is 14.3. The maximum absolute atomic E-state index is 12.6. The van der Waals surface area contributed by atoms with Gasteiger partial charge in [0.2, 0.25) is 0 Å². The van der Waals surface area contributed by atoms with Gasteiger partial charge in [0.05, 0.1) is 21.5 Å². The Labute approximate surface area is 163 Å². The average molecular weight is 390 g/mol. The van der Waals surface area contributed by atoms with E-state index < -0.39 is 0 Å². The predicted octanol–water partition coefficient (Wildman–Crippen LogP) is 5.23. The second-order valence-electron chi connectivity index (χ2n) is 6.24. The molecule has 4 heterocycles. The molecule has 0 aliphatic carbocycles. The van der Waals surface area contributed by atoms with Crippen molar-refractivity contribution in [3.8, 4) is 11.3 Å². The van der Waals surface area contributed by atoms with E-state index in [-0.39, 0.29) is 5.91 Å². The van der Waals surface area contributed by atoms with Crippen molar-refractivity contribution in [1.82, 2.24) is 14.4 Å². The minimum Gasteiger partial charge on any atom is -0.322 e. The van der Waals surface area contributed by atoms with E-state index in [0.717, 1.165) is 37.7 Å². The molecule has 0 saturated carbocycles. The number of hydrogen-bond acceptors (Lipinski definition) is 5. The Bertz CT molecular complexity index is 1270. The molecule has 5 nitrogen and oxygen atoms in total. The molecule has 0 saturated heterocycles. The monoisotopic (exact) mass is 390 g/mol. The van der Waals surface area contributed by atoms with Gasteiger partial charge in [-0.3, -0.25) is 14.2 Å². The summed E-state index contributed by atoms with van der Waals surface area (Å²) in [5.41, 5.74) is 5.22. The Morgan fingerprint density at radius 2 is 2.15 bits per heavy atom. The fraction of sp³-hybridized carbons (Fsp3) is 0.0500. The number of thiazole rings is 1. The number of pyridine rings is 1. The number of carbonyl (C=O) groups excluding carboxylic acids is 1. The van der Waals surface area contributed by atoms with Gasteiger partial charge in [-0.05, 0) is 36.1 Å². The molecule has 1 amide bonds. The number of thiophene rings is 1. The summed E-state index contributed by atoms with van der Waals surface area (Å²) in [5.74, 6) is -0.168. The van der Waals surface area contributed by atoms with Gasteiger partial charge in [0.1, 0.15) is 0 Å². The highest BCUT2D eigenvalue weighted by Gasteiger charge is 2.11. The molecule has 0 fully saturated rings. The second-order valence-corrected chi connectivity index (χ2v) is 8.03. The summed E-state index contributed by atoms with van der Waals surface area (Å²) >= 11 is 3.20. The highest BCUT2D eigenvalue weighted by Crippen LogP contribution is 2.26. The van der Waals surface area contributed by atoms with Crippen LogP contribution in [0.3, 0.4) is 0 Å². The van der Waals surface area contributed by atoms with Crippen LogP contribution >= 0.6 is 22.7 Å². The van der Waals surface area contributed by atoms with Gasteiger partial charge in [0, 0.05) is 35.2 Å². The van der Waals surface area contributed by atoms with Crippen LogP contribution in [-0.2, 0) is 0 Å². The highest BCUT2D eigenvalue weighted by molar-refractivity contribution is 7.17. The number of rotatable bonds is 3. The Morgan fingerprint density at radius 3 is 3.04 bits per heavy atom. The van der Waals surface area contributed by atoms with Gasteiger partial charge in [0.25, 0.3) is 5.91 Å². The first-order chi connectivity index (χ1) is 13.2. The molecule has 0 bridgehead atoms. The van der Waals surface area contributed by atoms with Crippen molar-refractivity contribution in [2.75, 3.05) is 5.32 Å². The topological polar surface area (TPSA) is 59.3 Å². The summed E-state index contributed by atoms with van der Waals surface area (Å²) in [7, 11) is 0. The average Bonchev–Trinajstić information content (AvgIpc) is 3.37. The van der Waals surface area contributed by atoms with Gasteiger partial charge in [-0.15, -0.1) is 22.7 Å². The van der Waals surface area contributed by atoms with Crippen LogP contribution in [0, 0.1) is 6.92 Å². The second kappa shape index (κ2) is 6.29. The normalized spacial score (nSPS) is 11.3. The van der Waals surface area contributed by atoms with Crippen molar-refractivity contribution in [2.45, 2.75) is 6.92 Å². The van der Waals surface area contributed by atoms with Crippen LogP contribution in [0.15, 0.2) is 59.7 Å². The molecule has 27 heavy (non-hydrogen) atoms. The molecule has 7 heteroatoms. The maximum Gasteiger partial charge on any atom is 0.257 e. The smallest absolute Gasteiger partial charge is 0.257 e. The first-order valence-corrected chi connectivity index (χ1v) is 10.1. The molecule has 0 radical (unpaired) electrons. The van der Waals surface area contributed by atoms with E-state index in [2.05, 4.69) is 20.7 Å². The zero-order chi connectivity index (χ0) is 18.4. The Hall–Kier alpha value is -3.03. The summed E-state index contributed by atoms with van der Waals surface area (Å²) in [5, 5.41) is 7.02. The van der Waals surface area contributed by atoms with Crippen LogP contribution in [0.1, 0.15) is 15.9 Å². The van der Waals surface area contributed by atoms with Crippen LogP contribution < -0.4 is 5.32 Å². The van der Waals surface area contributed by atoms with E-state index >= 15 is 0 Å². The first-order valence-electron chi connectivity index (χ1n) is 8.35.